The van der Waals surface area contributed by atoms with Crippen molar-refractivity contribution in [1.82, 2.24) is 4.90 Å². The van der Waals surface area contributed by atoms with Gasteiger partial charge in [-0.3, -0.25) is 4.90 Å². The van der Waals surface area contributed by atoms with Gasteiger partial charge in [-0.15, -0.1) is 0 Å². The molecule has 1 saturated carbocycles. The van der Waals surface area contributed by atoms with Crippen molar-refractivity contribution in [2.75, 3.05) is 27.3 Å². The number of benzene rings is 1. The first-order valence-electron chi connectivity index (χ1n) is 7.81. The highest BCUT2D eigenvalue weighted by Crippen LogP contribution is 2.44. The van der Waals surface area contributed by atoms with Crippen LogP contribution < -0.4 is 15.2 Å². The van der Waals surface area contributed by atoms with Gasteiger partial charge in [0.25, 0.3) is 0 Å². The molecule has 1 heterocycles. The van der Waals surface area contributed by atoms with E-state index in [-0.39, 0.29) is 5.54 Å². The summed E-state index contributed by atoms with van der Waals surface area (Å²) >= 11 is 0. The summed E-state index contributed by atoms with van der Waals surface area (Å²) in [6.45, 7) is 5.14. The van der Waals surface area contributed by atoms with E-state index in [4.69, 9.17) is 15.2 Å². The zero-order valence-electron chi connectivity index (χ0n) is 13.3. The Hall–Kier alpha value is -1.26. The van der Waals surface area contributed by atoms with Gasteiger partial charge in [-0.1, -0.05) is 6.92 Å². The van der Waals surface area contributed by atoms with Crippen molar-refractivity contribution in [2.45, 2.75) is 38.3 Å². The van der Waals surface area contributed by atoms with Crippen LogP contribution in [0.4, 0.5) is 0 Å². The number of fused-ring (bicyclic) bond motifs is 1. The third-order valence-corrected chi connectivity index (χ3v) is 5.23. The van der Waals surface area contributed by atoms with E-state index in [0.29, 0.717) is 0 Å². The maximum absolute atomic E-state index is 6.10. The number of methoxy groups -OCH3 is 2. The maximum Gasteiger partial charge on any atom is 0.161 e. The van der Waals surface area contributed by atoms with Gasteiger partial charge in [0.15, 0.2) is 11.5 Å². The predicted octanol–water partition coefficient (Wildman–Crippen LogP) is 2.19. The van der Waals surface area contributed by atoms with E-state index in [1.165, 1.54) is 24.0 Å². The summed E-state index contributed by atoms with van der Waals surface area (Å²) in [5.41, 5.74) is 9.05. The summed E-state index contributed by atoms with van der Waals surface area (Å²) in [5, 5.41) is 0. The van der Waals surface area contributed by atoms with Crippen LogP contribution in [0, 0.1) is 5.92 Å². The zero-order valence-corrected chi connectivity index (χ0v) is 13.3. The molecular formula is C17H26N2O2. The molecule has 0 spiro atoms. The minimum Gasteiger partial charge on any atom is -0.493 e. The molecule has 2 aliphatic rings. The lowest BCUT2D eigenvalue weighted by molar-refractivity contribution is -0.0221. The van der Waals surface area contributed by atoms with Crippen LogP contribution in [-0.2, 0) is 13.0 Å². The van der Waals surface area contributed by atoms with Crippen LogP contribution in [-0.4, -0.2) is 37.7 Å². The first kappa shape index (κ1) is 14.7. The van der Waals surface area contributed by atoms with E-state index in [0.717, 1.165) is 43.5 Å². The number of nitrogens with two attached hydrogens (primary N) is 1. The Balaban J connectivity index is 1.85. The largest absolute Gasteiger partial charge is 0.493 e. The summed E-state index contributed by atoms with van der Waals surface area (Å²) in [4.78, 5) is 2.58. The van der Waals surface area contributed by atoms with E-state index >= 15 is 0 Å². The second-order valence-electron chi connectivity index (χ2n) is 6.59. The van der Waals surface area contributed by atoms with Gasteiger partial charge in [0, 0.05) is 25.2 Å². The number of hydrogen-bond donors (Lipinski definition) is 1. The predicted molar refractivity (Wildman–Crippen MR) is 83.8 cm³/mol. The molecule has 0 radical (unpaired) electrons. The lowest BCUT2D eigenvalue weighted by Gasteiger charge is -2.54. The molecule has 3 rings (SSSR count). The van der Waals surface area contributed by atoms with Crippen LogP contribution in [0.15, 0.2) is 12.1 Å². The Labute approximate surface area is 127 Å². The molecule has 21 heavy (non-hydrogen) atoms. The topological polar surface area (TPSA) is 47.7 Å². The van der Waals surface area contributed by atoms with Crippen molar-refractivity contribution >= 4 is 0 Å². The summed E-state index contributed by atoms with van der Waals surface area (Å²) in [5.74, 6) is 2.46. The van der Waals surface area contributed by atoms with Gasteiger partial charge in [-0.25, -0.2) is 0 Å². The van der Waals surface area contributed by atoms with Gasteiger partial charge in [-0.2, -0.15) is 0 Å². The lowest BCUT2D eigenvalue weighted by atomic mass is 9.67. The van der Waals surface area contributed by atoms with Crippen LogP contribution in [0.1, 0.15) is 30.9 Å². The Kier molecular flexibility index (Phi) is 3.84. The van der Waals surface area contributed by atoms with Gasteiger partial charge in [-0.05, 0) is 48.4 Å². The summed E-state index contributed by atoms with van der Waals surface area (Å²) in [6, 6.07) is 4.26. The van der Waals surface area contributed by atoms with E-state index in [2.05, 4.69) is 24.0 Å². The molecule has 0 saturated heterocycles. The first-order valence-corrected chi connectivity index (χ1v) is 7.81. The number of nitrogens with zero attached hydrogens (tertiary/aromatic N) is 1. The molecule has 4 heteroatoms. The van der Waals surface area contributed by atoms with Crippen LogP contribution >= 0.6 is 0 Å². The van der Waals surface area contributed by atoms with Gasteiger partial charge in [0.05, 0.1) is 14.2 Å². The summed E-state index contributed by atoms with van der Waals surface area (Å²) in [7, 11) is 3.39. The normalized spacial score (nSPS) is 28.7. The highest BCUT2D eigenvalue weighted by atomic mass is 16.5. The van der Waals surface area contributed by atoms with Crippen LogP contribution in [0.3, 0.4) is 0 Å². The molecule has 1 fully saturated rings. The average molecular weight is 290 g/mol. The van der Waals surface area contributed by atoms with Gasteiger partial charge in [0.1, 0.15) is 0 Å². The molecule has 4 nitrogen and oxygen atoms in total. The smallest absolute Gasteiger partial charge is 0.161 e. The third-order valence-electron chi connectivity index (χ3n) is 5.23. The fourth-order valence-corrected chi connectivity index (χ4v) is 4.08. The number of ether oxygens (including phenoxy) is 2. The molecule has 116 valence electrons. The van der Waals surface area contributed by atoms with E-state index in [1.54, 1.807) is 14.2 Å². The molecule has 0 bridgehead atoms. The molecule has 0 amide bonds. The third kappa shape index (κ3) is 2.40. The van der Waals surface area contributed by atoms with Crippen LogP contribution in [0.5, 0.6) is 11.5 Å². The standard InChI is InChI=1S/C17H26N2O2/c1-12-8-17(9-12,11-18)19-5-4-13-6-15(20-2)16(21-3)7-14(13)10-19/h6-7,12H,4-5,8-11,18H2,1-3H3. The second-order valence-corrected chi connectivity index (χ2v) is 6.59. The quantitative estimate of drug-likeness (QED) is 0.923. The molecule has 1 aliphatic carbocycles. The summed E-state index contributed by atoms with van der Waals surface area (Å²) < 4.78 is 10.8. The van der Waals surface area contributed by atoms with Crippen LogP contribution in [0.2, 0.25) is 0 Å². The van der Waals surface area contributed by atoms with Crippen molar-refractivity contribution in [3.8, 4) is 11.5 Å². The van der Waals surface area contributed by atoms with Gasteiger partial charge < -0.3 is 15.2 Å². The molecule has 1 aromatic rings. The Morgan fingerprint density at radius 3 is 2.33 bits per heavy atom. The maximum atomic E-state index is 6.10. The molecule has 1 aliphatic heterocycles. The molecule has 0 aromatic heterocycles. The minimum atomic E-state index is 0.226. The van der Waals surface area contributed by atoms with Gasteiger partial charge >= 0.3 is 0 Å². The fourth-order valence-electron chi connectivity index (χ4n) is 4.08. The fraction of sp³-hybridized carbons (Fsp3) is 0.647. The van der Waals surface area contributed by atoms with Crippen molar-refractivity contribution in [3.05, 3.63) is 23.3 Å². The van der Waals surface area contributed by atoms with E-state index < -0.39 is 0 Å². The number of rotatable bonds is 4. The first-order chi connectivity index (χ1) is 10.1. The second kappa shape index (κ2) is 5.50. The highest BCUT2D eigenvalue weighted by molar-refractivity contribution is 5.48. The Morgan fingerprint density at radius 2 is 1.81 bits per heavy atom. The van der Waals surface area contributed by atoms with Crippen molar-refractivity contribution in [3.63, 3.8) is 0 Å². The molecule has 1 aromatic carbocycles. The SMILES string of the molecule is COc1cc2c(cc1OC)CN(C1(CN)CC(C)C1)CC2. The Morgan fingerprint density at radius 1 is 1.19 bits per heavy atom. The lowest BCUT2D eigenvalue weighted by Crippen LogP contribution is -2.62. The van der Waals surface area contributed by atoms with E-state index in [1.807, 2.05) is 0 Å². The molecular weight excluding hydrogens is 264 g/mol. The van der Waals surface area contributed by atoms with E-state index in [9.17, 15) is 0 Å². The van der Waals surface area contributed by atoms with Gasteiger partial charge in [0.2, 0.25) is 0 Å². The highest BCUT2D eigenvalue weighted by Gasteiger charge is 2.46. The minimum absolute atomic E-state index is 0.226. The summed E-state index contributed by atoms with van der Waals surface area (Å²) in [6.07, 6.45) is 3.52. The monoisotopic (exact) mass is 290 g/mol. The molecule has 0 unspecified atom stereocenters. The number of hydrogen-bond acceptors (Lipinski definition) is 4. The van der Waals surface area contributed by atoms with Crippen molar-refractivity contribution < 1.29 is 9.47 Å². The molecule has 0 atom stereocenters. The average Bonchev–Trinajstić information content (AvgIpc) is 2.49. The zero-order chi connectivity index (χ0) is 15.0. The van der Waals surface area contributed by atoms with Crippen LogP contribution in [0.25, 0.3) is 0 Å². The Bertz CT molecular complexity index is 524. The molecule has 2 N–H and O–H groups in total. The van der Waals surface area contributed by atoms with Crippen molar-refractivity contribution in [2.24, 2.45) is 11.7 Å². The van der Waals surface area contributed by atoms with Crippen molar-refractivity contribution in [1.29, 1.82) is 0 Å².